The zero-order valence-electron chi connectivity index (χ0n) is 17.6. The summed E-state index contributed by atoms with van der Waals surface area (Å²) < 4.78 is 10.1. The molecular formula is C24H26N4OS. The summed E-state index contributed by atoms with van der Waals surface area (Å²) in [5.74, 6) is 0.872. The second-order valence-electron chi connectivity index (χ2n) is 7.26. The van der Waals surface area contributed by atoms with E-state index in [0.29, 0.717) is 0 Å². The van der Waals surface area contributed by atoms with E-state index in [4.69, 9.17) is 9.73 Å². The van der Waals surface area contributed by atoms with Crippen LogP contribution in [-0.4, -0.2) is 21.2 Å². The van der Waals surface area contributed by atoms with Crippen molar-refractivity contribution in [2.75, 3.05) is 7.11 Å². The number of nitrogens with zero attached hydrogens (tertiary/aromatic N) is 4. The van der Waals surface area contributed by atoms with Crippen LogP contribution in [-0.2, 0) is 13.1 Å². The van der Waals surface area contributed by atoms with Crippen LogP contribution in [0.2, 0.25) is 0 Å². The number of imidazole rings is 1. The standard InChI is InChI=1S/C24H26N4OS/c1-18-8-6-9-19(2)23(18)26-24-28(14-7-13-27-15-12-25-17-27)21(16-30-24)20-10-4-5-11-22(20)29-3/h4-6,8-12,15-17H,7,13-14H2,1-3H3. The van der Waals surface area contributed by atoms with Crippen LogP contribution >= 0.6 is 11.3 Å². The Balaban J connectivity index is 1.78. The van der Waals surface area contributed by atoms with Crippen LogP contribution in [0.15, 0.2) is 71.6 Å². The van der Waals surface area contributed by atoms with Crippen molar-refractivity contribution in [1.29, 1.82) is 0 Å². The highest BCUT2D eigenvalue weighted by Gasteiger charge is 2.13. The maximum absolute atomic E-state index is 5.63. The minimum atomic E-state index is 0.860. The van der Waals surface area contributed by atoms with Gasteiger partial charge in [-0.1, -0.05) is 30.3 Å². The van der Waals surface area contributed by atoms with Crippen LogP contribution in [0.1, 0.15) is 17.5 Å². The van der Waals surface area contributed by atoms with E-state index < -0.39 is 0 Å². The minimum Gasteiger partial charge on any atom is -0.496 e. The largest absolute Gasteiger partial charge is 0.496 e. The van der Waals surface area contributed by atoms with Crippen molar-refractivity contribution < 1.29 is 4.74 Å². The third-order valence-electron chi connectivity index (χ3n) is 5.18. The van der Waals surface area contributed by atoms with Gasteiger partial charge in [0.15, 0.2) is 4.80 Å². The van der Waals surface area contributed by atoms with E-state index in [1.165, 1.54) is 11.1 Å². The van der Waals surface area contributed by atoms with Crippen LogP contribution in [0.4, 0.5) is 5.69 Å². The molecule has 0 radical (unpaired) electrons. The number of thiazole rings is 1. The highest BCUT2D eigenvalue weighted by molar-refractivity contribution is 7.07. The minimum absolute atomic E-state index is 0.860. The normalized spacial score (nSPS) is 11.8. The molecule has 0 spiro atoms. The monoisotopic (exact) mass is 418 g/mol. The Morgan fingerprint density at radius 1 is 1.03 bits per heavy atom. The summed E-state index contributed by atoms with van der Waals surface area (Å²) in [6.45, 7) is 6.00. The number of methoxy groups -OCH3 is 1. The van der Waals surface area contributed by atoms with Crippen molar-refractivity contribution in [2.45, 2.75) is 33.4 Å². The van der Waals surface area contributed by atoms with E-state index in [2.05, 4.69) is 57.6 Å². The fraction of sp³-hybridized carbons (Fsp3) is 0.250. The topological polar surface area (TPSA) is 44.3 Å². The number of para-hydroxylation sites is 2. The number of hydrogen-bond donors (Lipinski definition) is 0. The molecule has 2 aromatic carbocycles. The fourth-order valence-electron chi connectivity index (χ4n) is 3.61. The molecule has 0 aliphatic heterocycles. The smallest absolute Gasteiger partial charge is 0.190 e. The number of hydrogen-bond acceptors (Lipinski definition) is 4. The van der Waals surface area contributed by atoms with Gasteiger partial charge in [0.1, 0.15) is 5.75 Å². The Hall–Kier alpha value is -3.12. The lowest BCUT2D eigenvalue weighted by Crippen LogP contribution is -2.17. The van der Waals surface area contributed by atoms with Gasteiger partial charge in [-0.3, -0.25) is 0 Å². The lowest BCUT2D eigenvalue weighted by molar-refractivity contribution is 0.416. The molecule has 6 heteroatoms. The first-order chi connectivity index (χ1) is 14.7. The molecular weight excluding hydrogens is 392 g/mol. The number of benzene rings is 2. The van der Waals surface area contributed by atoms with Crippen LogP contribution in [0, 0.1) is 13.8 Å². The molecule has 0 unspecified atom stereocenters. The summed E-state index contributed by atoms with van der Waals surface area (Å²) in [4.78, 5) is 10.2. The molecule has 4 rings (SSSR count). The molecule has 0 bridgehead atoms. The predicted octanol–water partition coefficient (Wildman–Crippen LogP) is 5.36. The molecule has 0 saturated heterocycles. The summed E-state index contributed by atoms with van der Waals surface area (Å²) in [6.07, 6.45) is 6.66. The van der Waals surface area contributed by atoms with Gasteiger partial charge in [0.25, 0.3) is 0 Å². The van der Waals surface area contributed by atoms with E-state index in [1.807, 2.05) is 36.9 Å². The van der Waals surface area contributed by atoms with Gasteiger partial charge in [-0.15, -0.1) is 11.3 Å². The van der Waals surface area contributed by atoms with Crippen molar-refractivity contribution in [1.82, 2.24) is 14.1 Å². The molecule has 2 heterocycles. The summed E-state index contributed by atoms with van der Waals surface area (Å²) in [5.41, 5.74) is 5.64. The first-order valence-electron chi connectivity index (χ1n) is 10.1. The van der Waals surface area contributed by atoms with Crippen molar-refractivity contribution in [2.24, 2.45) is 4.99 Å². The van der Waals surface area contributed by atoms with Gasteiger partial charge in [0, 0.05) is 36.4 Å². The van der Waals surface area contributed by atoms with E-state index in [1.54, 1.807) is 18.4 Å². The SMILES string of the molecule is COc1ccccc1-c1csc(=Nc2c(C)cccc2C)n1CCCn1ccnc1. The fourth-order valence-corrected chi connectivity index (χ4v) is 4.55. The van der Waals surface area contributed by atoms with Crippen molar-refractivity contribution >= 4 is 17.0 Å². The molecule has 0 fully saturated rings. The average Bonchev–Trinajstić information content (AvgIpc) is 3.41. The van der Waals surface area contributed by atoms with E-state index >= 15 is 0 Å². The van der Waals surface area contributed by atoms with Gasteiger partial charge in [-0.25, -0.2) is 9.98 Å². The maximum Gasteiger partial charge on any atom is 0.190 e. The average molecular weight is 419 g/mol. The Morgan fingerprint density at radius 3 is 2.57 bits per heavy atom. The first kappa shape index (κ1) is 20.2. The molecule has 0 amide bonds. The molecule has 2 aromatic heterocycles. The molecule has 0 atom stereocenters. The Kier molecular flexibility index (Phi) is 6.14. The zero-order chi connectivity index (χ0) is 20.9. The van der Waals surface area contributed by atoms with E-state index in [-0.39, 0.29) is 0 Å². The molecule has 0 N–H and O–H groups in total. The molecule has 0 aliphatic rings. The van der Waals surface area contributed by atoms with Gasteiger partial charge in [-0.2, -0.15) is 0 Å². The molecule has 4 aromatic rings. The third kappa shape index (κ3) is 4.24. The Labute approximate surface area is 181 Å². The molecule has 0 saturated carbocycles. The lowest BCUT2D eigenvalue weighted by atomic mass is 10.1. The van der Waals surface area contributed by atoms with Crippen LogP contribution in [0.25, 0.3) is 11.3 Å². The molecule has 0 aliphatic carbocycles. The highest BCUT2D eigenvalue weighted by atomic mass is 32.1. The molecule has 154 valence electrons. The number of aromatic nitrogens is 3. The van der Waals surface area contributed by atoms with Crippen LogP contribution in [0.5, 0.6) is 5.75 Å². The van der Waals surface area contributed by atoms with Gasteiger partial charge in [0.05, 0.1) is 24.8 Å². The second-order valence-corrected chi connectivity index (χ2v) is 8.10. The van der Waals surface area contributed by atoms with Gasteiger partial charge in [0.2, 0.25) is 0 Å². The highest BCUT2D eigenvalue weighted by Crippen LogP contribution is 2.30. The van der Waals surface area contributed by atoms with Gasteiger partial charge >= 0.3 is 0 Å². The Morgan fingerprint density at radius 2 is 1.83 bits per heavy atom. The summed E-state index contributed by atoms with van der Waals surface area (Å²) in [6, 6.07) is 14.5. The van der Waals surface area contributed by atoms with Crippen molar-refractivity contribution in [3.8, 4) is 17.0 Å². The van der Waals surface area contributed by atoms with Crippen molar-refractivity contribution in [3.05, 3.63) is 82.5 Å². The Bertz CT molecular complexity index is 1170. The second kappa shape index (κ2) is 9.13. The van der Waals surface area contributed by atoms with E-state index in [9.17, 15) is 0 Å². The number of ether oxygens (including phenoxy) is 1. The lowest BCUT2D eigenvalue weighted by Gasteiger charge is -2.13. The molecule has 5 nitrogen and oxygen atoms in total. The van der Waals surface area contributed by atoms with Crippen molar-refractivity contribution in [3.63, 3.8) is 0 Å². The van der Waals surface area contributed by atoms with Crippen LogP contribution in [0.3, 0.4) is 0 Å². The predicted molar refractivity (Wildman–Crippen MR) is 122 cm³/mol. The maximum atomic E-state index is 5.63. The first-order valence-corrected chi connectivity index (χ1v) is 10.9. The molecule has 30 heavy (non-hydrogen) atoms. The van der Waals surface area contributed by atoms with E-state index in [0.717, 1.165) is 47.0 Å². The third-order valence-corrected chi connectivity index (χ3v) is 6.05. The number of rotatable bonds is 7. The van der Waals surface area contributed by atoms with Gasteiger partial charge < -0.3 is 13.9 Å². The summed E-state index contributed by atoms with van der Waals surface area (Å²) >= 11 is 1.67. The number of aryl methyl sites for hydroxylation is 3. The van der Waals surface area contributed by atoms with Gasteiger partial charge in [-0.05, 0) is 43.5 Å². The summed E-state index contributed by atoms with van der Waals surface area (Å²) in [7, 11) is 1.72. The van der Waals surface area contributed by atoms with Crippen LogP contribution < -0.4 is 9.54 Å². The summed E-state index contributed by atoms with van der Waals surface area (Å²) in [5, 5.41) is 2.18. The zero-order valence-corrected chi connectivity index (χ0v) is 18.4. The quantitative estimate of drug-likeness (QED) is 0.405.